The Kier molecular flexibility index (Phi) is 6.38. The van der Waals surface area contributed by atoms with Crippen molar-refractivity contribution in [3.05, 3.63) is 71.8 Å². The molecule has 0 radical (unpaired) electrons. The van der Waals surface area contributed by atoms with Crippen LogP contribution in [0.3, 0.4) is 0 Å². The van der Waals surface area contributed by atoms with Crippen molar-refractivity contribution in [1.29, 1.82) is 0 Å². The fraction of sp³-hybridized carbons (Fsp3) is 0.263. The van der Waals surface area contributed by atoms with E-state index in [2.05, 4.69) is 0 Å². The summed E-state index contributed by atoms with van der Waals surface area (Å²) in [7, 11) is 3.83. The van der Waals surface area contributed by atoms with Crippen LogP contribution >= 0.6 is 8.15 Å². The number of nitrogens with zero attached hydrogens (tertiary/aromatic N) is 1. The molecule has 0 atom stereocenters. The number of rotatable bonds is 8. The van der Waals surface area contributed by atoms with Crippen molar-refractivity contribution in [2.24, 2.45) is 0 Å². The molecule has 128 valence electrons. The number of hydrogen-bond acceptors (Lipinski definition) is 3. The zero-order chi connectivity index (χ0) is 17.6. The van der Waals surface area contributed by atoms with Gasteiger partial charge in [0.2, 0.25) is 0 Å². The molecule has 0 spiro atoms. The van der Waals surface area contributed by atoms with E-state index in [0.717, 1.165) is 6.54 Å². The second-order valence-electron chi connectivity index (χ2n) is 6.58. The van der Waals surface area contributed by atoms with Crippen LogP contribution in [0.5, 0.6) is 0 Å². The van der Waals surface area contributed by atoms with Gasteiger partial charge in [-0.1, -0.05) is 0 Å². The summed E-state index contributed by atoms with van der Waals surface area (Å²) in [5.41, 5.74) is 0.661. The van der Waals surface area contributed by atoms with Crippen molar-refractivity contribution in [2.75, 3.05) is 34.3 Å². The molecule has 0 fully saturated rings. The van der Waals surface area contributed by atoms with Gasteiger partial charge >= 0.3 is 144 Å². The molecular weight excluding hydrogens is 321 g/mol. The van der Waals surface area contributed by atoms with E-state index < -0.39 is 8.15 Å². The summed E-state index contributed by atoms with van der Waals surface area (Å²) in [6, 6.07) is 17.8. The molecule has 0 N–H and O–H groups in total. The van der Waals surface area contributed by atoms with Gasteiger partial charge in [-0.2, -0.15) is 0 Å². The second-order valence-corrected chi connectivity index (χ2v) is 8.44. The van der Waals surface area contributed by atoms with Crippen molar-refractivity contribution in [3.8, 4) is 0 Å². The molecule has 24 heavy (non-hydrogen) atoms. The minimum atomic E-state index is -2.31. The summed E-state index contributed by atoms with van der Waals surface area (Å²) in [5, 5.41) is 0. The Bertz CT molecular complexity index is 629. The van der Waals surface area contributed by atoms with Gasteiger partial charge in [-0.25, -0.2) is 0 Å². The van der Waals surface area contributed by atoms with Crippen LogP contribution < -0.4 is 0 Å². The van der Waals surface area contributed by atoms with E-state index in [-0.39, 0.29) is 11.0 Å². The predicted molar refractivity (Wildman–Crippen MR) is 98.7 cm³/mol. The van der Waals surface area contributed by atoms with Gasteiger partial charge in [-0.15, -0.1) is 0 Å². The van der Waals surface area contributed by atoms with Crippen molar-refractivity contribution >= 4 is 19.2 Å². The van der Waals surface area contributed by atoms with Crippen LogP contribution in [-0.2, 0) is 4.52 Å². The SMILES string of the molecule is C[N+](C)(C)CCO[PH-](C(=O)c1ccccc1)C(=O)c1ccccc1. The van der Waals surface area contributed by atoms with Crippen molar-refractivity contribution in [3.63, 3.8) is 0 Å². The topological polar surface area (TPSA) is 43.4 Å². The van der Waals surface area contributed by atoms with E-state index in [1.807, 2.05) is 33.3 Å². The average molecular weight is 345 g/mol. The maximum absolute atomic E-state index is 12.8. The van der Waals surface area contributed by atoms with E-state index in [1.165, 1.54) is 0 Å². The number of likely N-dealkylation sites (N-methyl/N-ethyl adjacent to an activating group) is 1. The third-order valence-corrected chi connectivity index (χ3v) is 5.39. The van der Waals surface area contributed by atoms with Crippen LogP contribution in [0.4, 0.5) is 0 Å². The summed E-state index contributed by atoms with van der Waals surface area (Å²) in [5.74, 6) is 0. The van der Waals surface area contributed by atoms with Crippen LogP contribution in [0.15, 0.2) is 60.7 Å². The zero-order valence-electron chi connectivity index (χ0n) is 14.4. The summed E-state index contributed by atoms with van der Waals surface area (Å²) in [6.45, 7) is 1.12. The first-order chi connectivity index (χ1) is 11.4. The summed E-state index contributed by atoms with van der Waals surface area (Å²) in [6.07, 6.45) is 0. The summed E-state index contributed by atoms with van der Waals surface area (Å²) >= 11 is 0. The standard InChI is InChI=1S/C19H24NO3P/c1-20(2,3)14-15-23-24(18(21)16-10-6-4-7-11-16)19(22)17-12-8-5-9-13-17/h4-13,24H,14-15H2,1-3H3. The monoisotopic (exact) mass is 345 g/mol. The number of carbonyl (C=O) groups excluding carboxylic acids is 2. The Morgan fingerprint density at radius 3 is 1.62 bits per heavy atom. The van der Waals surface area contributed by atoms with Gasteiger partial charge in [0.1, 0.15) is 0 Å². The Morgan fingerprint density at radius 2 is 1.25 bits per heavy atom. The molecular formula is C19H24NO3P. The first kappa shape index (κ1) is 18.5. The Balaban J connectivity index is 2.21. The quantitative estimate of drug-likeness (QED) is 0.543. The van der Waals surface area contributed by atoms with Crippen molar-refractivity contribution in [2.45, 2.75) is 0 Å². The van der Waals surface area contributed by atoms with E-state index in [9.17, 15) is 9.59 Å². The maximum atomic E-state index is 12.8. The molecule has 0 saturated carbocycles. The molecule has 2 aromatic carbocycles. The fourth-order valence-corrected chi connectivity index (χ4v) is 3.72. The molecule has 0 aliphatic heterocycles. The van der Waals surface area contributed by atoms with Gasteiger partial charge < -0.3 is 0 Å². The molecule has 2 rings (SSSR count). The number of carbonyl (C=O) groups is 2. The first-order valence-corrected chi connectivity index (χ1v) is 9.29. The van der Waals surface area contributed by atoms with Gasteiger partial charge in [-0.05, 0) is 0 Å². The van der Waals surface area contributed by atoms with Crippen LogP contribution in [0.25, 0.3) is 0 Å². The predicted octanol–water partition coefficient (Wildman–Crippen LogP) is 3.52. The average Bonchev–Trinajstić information content (AvgIpc) is 2.58. The van der Waals surface area contributed by atoms with E-state index >= 15 is 0 Å². The third kappa shape index (κ3) is 5.34. The van der Waals surface area contributed by atoms with Crippen LogP contribution in [-0.4, -0.2) is 49.8 Å². The molecule has 0 saturated heterocycles. The van der Waals surface area contributed by atoms with E-state index in [1.54, 1.807) is 48.5 Å². The molecule has 0 bridgehead atoms. The molecule has 0 unspecified atom stereocenters. The number of quaternary nitrogens is 1. The summed E-state index contributed by atoms with van der Waals surface area (Å²) in [4.78, 5) is 25.6. The van der Waals surface area contributed by atoms with Gasteiger partial charge in [0.05, 0.1) is 0 Å². The van der Waals surface area contributed by atoms with Crippen LogP contribution in [0.1, 0.15) is 20.7 Å². The van der Waals surface area contributed by atoms with E-state index in [4.69, 9.17) is 4.52 Å². The van der Waals surface area contributed by atoms with Gasteiger partial charge in [-0.3, -0.25) is 0 Å². The molecule has 0 aromatic heterocycles. The molecule has 0 aliphatic carbocycles. The van der Waals surface area contributed by atoms with Crippen molar-refractivity contribution < 1.29 is 18.6 Å². The molecule has 0 aliphatic rings. The first-order valence-electron chi connectivity index (χ1n) is 7.88. The molecule has 4 nitrogen and oxygen atoms in total. The summed E-state index contributed by atoms with van der Waals surface area (Å²) < 4.78 is 6.55. The molecule has 2 aromatic rings. The minimum absolute atomic E-state index is 0.198. The van der Waals surface area contributed by atoms with Gasteiger partial charge in [0, 0.05) is 0 Å². The van der Waals surface area contributed by atoms with Crippen LogP contribution in [0, 0.1) is 0 Å². The number of benzene rings is 2. The normalized spacial score (nSPS) is 11.9. The van der Waals surface area contributed by atoms with Crippen molar-refractivity contribution in [1.82, 2.24) is 0 Å². The zero-order valence-corrected chi connectivity index (χ0v) is 15.4. The van der Waals surface area contributed by atoms with Crippen LogP contribution in [0.2, 0.25) is 0 Å². The molecule has 5 heteroatoms. The molecule has 0 heterocycles. The Hall–Kier alpha value is -1.87. The van der Waals surface area contributed by atoms with E-state index in [0.29, 0.717) is 22.2 Å². The Morgan fingerprint density at radius 1 is 0.833 bits per heavy atom. The second kappa shape index (κ2) is 8.29. The van der Waals surface area contributed by atoms with Gasteiger partial charge in [0.25, 0.3) is 0 Å². The molecule has 0 amide bonds. The fourth-order valence-electron chi connectivity index (χ4n) is 2.10. The van der Waals surface area contributed by atoms with Gasteiger partial charge in [0.15, 0.2) is 0 Å². The number of hydrogen-bond donors (Lipinski definition) is 0. The Labute approximate surface area is 144 Å². The third-order valence-electron chi connectivity index (χ3n) is 3.49.